The summed E-state index contributed by atoms with van der Waals surface area (Å²) in [6, 6.07) is 13.1. The number of benzene rings is 2. The zero-order valence-corrected chi connectivity index (χ0v) is 20.1. The summed E-state index contributed by atoms with van der Waals surface area (Å²) in [7, 11) is -3.80. The lowest BCUT2D eigenvalue weighted by Crippen LogP contribution is -2.39. The van der Waals surface area contributed by atoms with E-state index >= 15 is 0 Å². The van der Waals surface area contributed by atoms with Crippen molar-refractivity contribution in [3.05, 3.63) is 82.4 Å². The molecule has 0 saturated carbocycles. The van der Waals surface area contributed by atoms with Crippen molar-refractivity contribution in [1.82, 2.24) is 9.99 Å². The standard InChI is InChI=1S/C24H27FN4O3S/c1-16-8-6-9-17(2)24(16)29-18(3)12-20(19(29)4)14-26-27-23(30)15-28(33(5,31)32)22-11-7-10-21(25)13-22/h6-14H,15H2,1-5H3,(H,27,30)/b26-14-. The molecule has 0 unspecified atom stereocenters. The van der Waals surface area contributed by atoms with Crippen molar-refractivity contribution < 1.29 is 17.6 Å². The molecule has 1 heterocycles. The molecule has 0 aliphatic carbocycles. The number of nitrogens with zero attached hydrogens (tertiary/aromatic N) is 3. The third-order valence-electron chi connectivity index (χ3n) is 5.31. The van der Waals surface area contributed by atoms with E-state index in [4.69, 9.17) is 0 Å². The summed E-state index contributed by atoms with van der Waals surface area (Å²) in [5.41, 5.74) is 8.62. The molecular weight excluding hydrogens is 443 g/mol. The van der Waals surface area contributed by atoms with Crippen molar-refractivity contribution in [3.63, 3.8) is 0 Å². The Hall–Kier alpha value is -3.46. The van der Waals surface area contributed by atoms with Gasteiger partial charge in [0.05, 0.1) is 23.8 Å². The van der Waals surface area contributed by atoms with Crippen LogP contribution in [0.15, 0.2) is 53.6 Å². The molecule has 0 aliphatic heterocycles. The Balaban J connectivity index is 1.78. The summed E-state index contributed by atoms with van der Waals surface area (Å²) >= 11 is 0. The number of halogens is 1. The van der Waals surface area contributed by atoms with Crippen LogP contribution in [0.3, 0.4) is 0 Å². The number of hydrogen-bond acceptors (Lipinski definition) is 4. The van der Waals surface area contributed by atoms with E-state index in [2.05, 4.69) is 41.1 Å². The van der Waals surface area contributed by atoms with Gasteiger partial charge in [0.1, 0.15) is 12.4 Å². The molecule has 0 atom stereocenters. The van der Waals surface area contributed by atoms with Crippen LogP contribution in [0.5, 0.6) is 0 Å². The largest absolute Gasteiger partial charge is 0.317 e. The van der Waals surface area contributed by atoms with Gasteiger partial charge in [0.2, 0.25) is 10.0 Å². The Morgan fingerprint density at radius 1 is 1.09 bits per heavy atom. The van der Waals surface area contributed by atoms with E-state index in [-0.39, 0.29) is 5.69 Å². The van der Waals surface area contributed by atoms with E-state index in [1.165, 1.54) is 24.4 Å². The first-order chi connectivity index (χ1) is 15.5. The summed E-state index contributed by atoms with van der Waals surface area (Å²) < 4.78 is 40.8. The smallest absolute Gasteiger partial charge is 0.260 e. The quantitative estimate of drug-likeness (QED) is 0.422. The van der Waals surface area contributed by atoms with Crippen LogP contribution in [0.25, 0.3) is 5.69 Å². The molecule has 2 aromatic carbocycles. The van der Waals surface area contributed by atoms with Crippen molar-refractivity contribution in [3.8, 4) is 5.69 Å². The fraction of sp³-hybridized carbons (Fsp3) is 0.250. The van der Waals surface area contributed by atoms with Crippen molar-refractivity contribution >= 4 is 27.8 Å². The normalized spacial score (nSPS) is 11.7. The molecule has 0 saturated heterocycles. The van der Waals surface area contributed by atoms with E-state index in [0.29, 0.717) is 0 Å². The van der Waals surface area contributed by atoms with Crippen LogP contribution < -0.4 is 9.73 Å². The minimum atomic E-state index is -3.80. The number of rotatable bonds is 7. The van der Waals surface area contributed by atoms with Gasteiger partial charge >= 0.3 is 0 Å². The van der Waals surface area contributed by atoms with Crippen LogP contribution in [0.1, 0.15) is 28.1 Å². The van der Waals surface area contributed by atoms with Crippen LogP contribution in [-0.2, 0) is 14.8 Å². The van der Waals surface area contributed by atoms with E-state index in [1.54, 1.807) is 0 Å². The number of carbonyl (C=O) groups excluding carboxylic acids is 1. The van der Waals surface area contributed by atoms with Crippen molar-refractivity contribution in [2.45, 2.75) is 27.7 Å². The number of nitrogens with one attached hydrogen (secondary N) is 1. The molecule has 9 heteroatoms. The summed E-state index contributed by atoms with van der Waals surface area (Å²) in [6.07, 6.45) is 2.48. The first kappa shape index (κ1) is 24.2. The number of amides is 1. The highest BCUT2D eigenvalue weighted by molar-refractivity contribution is 7.92. The van der Waals surface area contributed by atoms with Gasteiger partial charge in [-0.05, 0) is 63.1 Å². The summed E-state index contributed by atoms with van der Waals surface area (Å²) in [6.45, 7) is 7.55. The van der Waals surface area contributed by atoms with Gasteiger partial charge in [0, 0.05) is 17.0 Å². The van der Waals surface area contributed by atoms with Crippen molar-refractivity contribution in [2.75, 3.05) is 17.1 Å². The number of aromatic nitrogens is 1. The second-order valence-electron chi connectivity index (χ2n) is 7.94. The van der Waals surface area contributed by atoms with Crippen LogP contribution >= 0.6 is 0 Å². The Kier molecular flexibility index (Phi) is 7.02. The molecule has 1 aromatic heterocycles. The number of hydrazone groups is 1. The highest BCUT2D eigenvalue weighted by atomic mass is 32.2. The summed E-state index contributed by atoms with van der Waals surface area (Å²) in [5.74, 6) is -1.25. The maximum atomic E-state index is 13.5. The highest BCUT2D eigenvalue weighted by Crippen LogP contribution is 2.25. The second kappa shape index (κ2) is 9.58. The molecule has 174 valence electrons. The first-order valence-electron chi connectivity index (χ1n) is 10.3. The van der Waals surface area contributed by atoms with Crippen LogP contribution in [0, 0.1) is 33.5 Å². The van der Waals surface area contributed by atoms with Crippen molar-refractivity contribution in [2.24, 2.45) is 5.10 Å². The fourth-order valence-corrected chi connectivity index (χ4v) is 4.64. The first-order valence-corrected chi connectivity index (χ1v) is 12.1. The number of anilines is 1. The molecule has 33 heavy (non-hydrogen) atoms. The maximum absolute atomic E-state index is 13.5. The predicted molar refractivity (Wildman–Crippen MR) is 129 cm³/mol. The van der Waals surface area contributed by atoms with Gasteiger partial charge in [-0.15, -0.1) is 0 Å². The monoisotopic (exact) mass is 470 g/mol. The van der Waals surface area contributed by atoms with Gasteiger partial charge in [-0.3, -0.25) is 9.10 Å². The second-order valence-corrected chi connectivity index (χ2v) is 9.85. The van der Waals surface area contributed by atoms with Crippen LogP contribution in [0.4, 0.5) is 10.1 Å². The van der Waals surface area contributed by atoms with Crippen LogP contribution in [0.2, 0.25) is 0 Å². The summed E-state index contributed by atoms with van der Waals surface area (Å²) in [4.78, 5) is 12.4. The number of carbonyl (C=O) groups is 1. The number of hydrogen-bond donors (Lipinski definition) is 1. The molecule has 3 aromatic rings. The molecule has 0 fully saturated rings. The SMILES string of the molecule is Cc1cccc(C)c1-n1c(C)cc(/C=N\NC(=O)CN(c2cccc(F)c2)S(C)(=O)=O)c1C. The van der Waals surface area contributed by atoms with Gasteiger partial charge in [-0.2, -0.15) is 5.10 Å². The van der Waals surface area contributed by atoms with E-state index in [1.807, 2.05) is 26.0 Å². The van der Waals surface area contributed by atoms with Gasteiger partial charge in [-0.25, -0.2) is 18.2 Å². The Morgan fingerprint density at radius 2 is 1.73 bits per heavy atom. The van der Waals surface area contributed by atoms with Crippen molar-refractivity contribution in [1.29, 1.82) is 0 Å². The Bertz CT molecular complexity index is 1310. The average molecular weight is 471 g/mol. The number of para-hydroxylation sites is 1. The topological polar surface area (TPSA) is 83.8 Å². The Labute approximate surface area is 193 Å². The predicted octanol–water partition coefficient (Wildman–Crippen LogP) is 3.77. The molecule has 1 N–H and O–H groups in total. The molecule has 1 amide bonds. The zero-order chi connectivity index (χ0) is 24.3. The minimum Gasteiger partial charge on any atom is -0.317 e. The third-order valence-corrected chi connectivity index (χ3v) is 6.45. The van der Waals surface area contributed by atoms with Gasteiger partial charge in [-0.1, -0.05) is 24.3 Å². The number of sulfonamides is 1. The molecular formula is C24H27FN4O3S. The van der Waals surface area contributed by atoms with E-state index in [9.17, 15) is 17.6 Å². The van der Waals surface area contributed by atoms with E-state index < -0.39 is 28.3 Å². The zero-order valence-electron chi connectivity index (χ0n) is 19.3. The molecule has 7 nitrogen and oxygen atoms in total. The molecule has 0 bridgehead atoms. The average Bonchev–Trinajstić information content (AvgIpc) is 2.99. The fourth-order valence-electron chi connectivity index (χ4n) is 3.79. The number of aryl methyl sites for hydroxylation is 3. The highest BCUT2D eigenvalue weighted by Gasteiger charge is 2.21. The van der Waals surface area contributed by atoms with Gasteiger partial charge in [0.15, 0.2) is 0 Å². The maximum Gasteiger partial charge on any atom is 0.260 e. The summed E-state index contributed by atoms with van der Waals surface area (Å²) in [5, 5.41) is 4.01. The third kappa shape index (κ3) is 5.48. The van der Waals surface area contributed by atoms with Crippen LogP contribution in [-0.4, -0.2) is 37.9 Å². The van der Waals surface area contributed by atoms with Gasteiger partial charge < -0.3 is 4.57 Å². The lowest BCUT2D eigenvalue weighted by Gasteiger charge is -2.21. The Morgan fingerprint density at radius 3 is 2.33 bits per heavy atom. The molecule has 3 rings (SSSR count). The minimum absolute atomic E-state index is 0.0637. The lowest BCUT2D eigenvalue weighted by atomic mass is 10.1. The van der Waals surface area contributed by atoms with Gasteiger partial charge in [0.25, 0.3) is 5.91 Å². The lowest BCUT2D eigenvalue weighted by molar-refractivity contribution is -0.119. The molecule has 0 aliphatic rings. The molecule has 0 radical (unpaired) electrons. The molecule has 0 spiro atoms. The van der Waals surface area contributed by atoms with E-state index in [0.717, 1.165) is 50.4 Å².